The maximum atomic E-state index is 12.5. The van der Waals surface area contributed by atoms with Gasteiger partial charge < -0.3 is 19.5 Å². The van der Waals surface area contributed by atoms with Crippen molar-refractivity contribution >= 4 is 27.5 Å². The second-order valence-electron chi connectivity index (χ2n) is 4.82. The molecule has 0 bridgehead atoms. The molecule has 0 aliphatic carbocycles. The van der Waals surface area contributed by atoms with Gasteiger partial charge in [0.1, 0.15) is 5.75 Å². The molecule has 122 valence electrons. The highest BCUT2D eigenvalue weighted by Crippen LogP contribution is 2.33. The molecule has 0 saturated heterocycles. The van der Waals surface area contributed by atoms with Crippen LogP contribution in [-0.2, 0) is 0 Å². The third kappa shape index (κ3) is 3.76. The zero-order valence-corrected chi connectivity index (χ0v) is 15.0. The fraction of sp³-hybridized carbons (Fsp3) is 0.235. The molecule has 0 aliphatic heterocycles. The molecule has 6 heteroatoms. The van der Waals surface area contributed by atoms with Crippen molar-refractivity contribution in [3.63, 3.8) is 0 Å². The molecule has 5 nitrogen and oxygen atoms in total. The van der Waals surface area contributed by atoms with Crippen LogP contribution in [0.5, 0.6) is 17.2 Å². The summed E-state index contributed by atoms with van der Waals surface area (Å²) < 4.78 is 16.4. The van der Waals surface area contributed by atoms with Gasteiger partial charge in [-0.15, -0.1) is 0 Å². The van der Waals surface area contributed by atoms with Crippen LogP contribution in [0.1, 0.15) is 15.9 Å². The van der Waals surface area contributed by atoms with E-state index in [2.05, 4.69) is 21.2 Å². The van der Waals surface area contributed by atoms with E-state index >= 15 is 0 Å². The molecule has 0 fully saturated rings. The lowest BCUT2D eigenvalue weighted by Gasteiger charge is -2.14. The Kier molecular flexibility index (Phi) is 5.50. The van der Waals surface area contributed by atoms with Crippen LogP contribution in [0.15, 0.2) is 34.8 Å². The number of hydrogen-bond donors (Lipinski definition) is 1. The molecule has 23 heavy (non-hydrogen) atoms. The Morgan fingerprint density at radius 1 is 1.00 bits per heavy atom. The summed E-state index contributed by atoms with van der Waals surface area (Å²) in [5.41, 5.74) is 2.01. The summed E-state index contributed by atoms with van der Waals surface area (Å²) in [4.78, 5) is 12.5. The van der Waals surface area contributed by atoms with E-state index in [1.54, 1.807) is 45.6 Å². The standard InChI is InChI=1S/C17H18BrNO4/c1-10-7-15(22-3)16(23-4)9-14(10)19-17(20)12-8-11(21-2)5-6-13(12)18/h5-9H,1-4H3,(H,19,20). The monoisotopic (exact) mass is 379 g/mol. The highest BCUT2D eigenvalue weighted by Gasteiger charge is 2.15. The largest absolute Gasteiger partial charge is 0.497 e. The Bertz CT molecular complexity index is 731. The summed E-state index contributed by atoms with van der Waals surface area (Å²) >= 11 is 3.38. The average Bonchev–Trinajstić information content (AvgIpc) is 2.56. The van der Waals surface area contributed by atoms with Crippen molar-refractivity contribution in [1.29, 1.82) is 0 Å². The van der Waals surface area contributed by atoms with Gasteiger partial charge in [-0.25, -0.2) is 0 Å². The van der Waals surface area contributed by atoms with Gasteiger partial charge in [0, 0.05) is 16.2 Å². The molecule has 0 atom stereocenters. The van der Waals surface area contributed by atoms with E-state index in [0.29, 0.717) is 33.0 Å². The molecule has 0 heterocycles. The van der Waals surface area contributed by atoms with Crippen LogP contribution in [0.2, 0.25) is 0 Å². The van der Waals surface area contributed by atoms with E-state index in [0.717, 1.165) is 5.56 Å². The van der Waals surface area contributed by atoms with Crippen molar-refractivity contribution in [3.05, 3.63) is 45.9 Å². The van der Waals surface area contributed by atoms with E-state index in [1.165, 1.54) is 0 Å². The maximum absolute atomic E-state index is 12.5. The third-order valence-electron chi connectivity index (χ3n) is 3.40. The second kappa shape index (κ2) is 7.37. The molecule has 0 unspecified atom stereocenters. The lowest BCUT2D eigenvalue weighted by atomic mass is 10.1. The molecular weight excluding hydrogens is 362 g/mol. The summed E-state index contributed by atoms with van der Waals surface area (Å²) in [6.45, 7) is 1.89. The molecule has 0 saturated carbocycles. The number of anilines is 1. The van der Waals surface area contributed by atoms with Crippen molar-refractivity contribution in [1.82, 2.24) is 0 Å². The number of carbonyl (C=O) groups is 1. The smallest absolute Gasteiger partial charge is 0.256 e. The van der Waals surface area contributed by atoms with Crippen molar-refractivity contribution in [2.75, 3.05) is 26.6 Å². The summed E-state index contributed by atoms with van der Waals surface area (Å²) in [5, 5.41) is 2.88. The van der Waals surface area contributed by atoms with Crippen LogP contribution in [0.4, 0.5) is 5.69 Å². The molecular formula is C17H18BrNO4. The minimum absolute atomic E-state index is 0.244. The first-order valence-electron chi connectivity index (χ1n) is 6.87. The Balaban J connectivity index is 2.33. The van der Waals surface area contributed by atoms with E-state index in [1.807, 2.05) is 13.0 Å². The SMILES string of the molecule is COc1ccc(Br)c(C(=O)Nc2cc(OC)c(OC)cc2C)c1. The van der Waals surface area contributed by atoms with Crippen molar-refractivity contribution in [2.45, 2.75) is 6.92 Å². The Morgan fingerprint density at radius 3 is 2.26 bits per heavy atom. The van der Waals surface area contributed by atoms with Crippen molar-refractivity contribution in [2.24, 2.45) is 0 Å². The van der Waals surface area contributed by atoms with E-state index in [4.69, 9.17) is 14.2 Å². The fourth-order valence-corrected chi connectivity index (χ4v) is 2.54. The van der Waals surface area contributed by atoms with Crippen LogP contribution >= 0.6 is 15.9 Å². The number of amides is 1. The topological polar surface area (TPSA) is 56.8 Å². The van der Waals surface area contributed by atoms with Gasteiger partial charge in [-0.1, -0.05) is 0 Å². The first-order chi connectivity index (χ1) is 11.0. The van der Waals surface area contributed by atoms with E-state index in [-0.39, 0.29) is 5.91 Å². The number of ether oxygens (including phenoxy) is 3. The first-order valence-corrected chi connectivity index (χ1v) is 7.67. The number of halogens is 1. The molecule has 1 amide bonds. The molecule has 1 N–H and O–H groups in total. The summed E-state index contributed by atoms with van der Waals surface area (Å²) in [7, 11) is 4.68. The summed E-state index contributed by atoms with van der Waals surface area (Å²) in [5.74, 6) is 1.54. The van der Waals surface area contributed by atoms with E-state index in [9.17, 15) is 4.79 Å². The van der Waals surface area contributed by atoms with Crippen molar-refractivity contribution < 1.29 is 19.0 Å². The number of aryl methyl sites for hydroxylation is 1. The number of benzene rings is 2. The van der Waals surface area contributed by atoms with Gasteiger partial charge in [-0.05, 0) is 52.7 Å². The van der Waals surface area contributed by atoms with Gasteiger partial charge in [0.05, 0.1) is 26.9 Å². The fourth-order valence-electron chi connectivity index (χ4n) is 2.11. The van der Waals surface area contributed by atoms with Gasteiger partial charge in [-0.2, -0.15) is 0 Å². The zero-order valence-electron chi connectivity index (χ0n) is 13.4. The number of hydrogen-bond acceptors (Lipinski definition) is 4. The van der Waals surface area contributed by atoms with Crippen molar-refractivity contribution in [3.8, 4) is 17.2 Å². The minimum atomic E-state index is -0.244. The normalized spacial score (nSPS) is 10.1. The Morgan fingerprint density at radius 2 is 1.65 bits per heavy atom. The number of nitrogens with one attached hydrogen (secondary N) is 1. The zero-order chi connectivity index (χ0) is 17.0. The van der Waals surface area contributed by atoms with Gasteiger partial charge in [0.2, 0.25) is 0 Å². The van der Waals surface area contributed by atoms with Gasteiger partial charge in [0.15, 0.2) is 11.5 Å². The third-order valence-corrected chi connectivity index (χ3v) is 4.09. The Labute approximate surface area is 143 Å². The van der Waals surface area contributed by atoms with Crippen LogP contribution in [0, 0.1) is 6.92 Å². The molecule has 0 aromatic heterocycles. The Hall–Kier alpha value is -2.21. The molecule has 2 aromatic rings. The predicted molar refractivity (Wildman–Crippen MR) is 92.9 cm³/mol. The quantitative estimate of drug-likeness (QED) is 0.851. The van der Waals surface area contributed by atoms with Gasteiger partial charge in [0.25, 0.3) is 5.91 Å². The van der Waals surface area contributed by atoms with Gasteiger partial charge in [-0.3, -0.25) is 4.79 Å². The lowest BCUT2D eigenvalue weighted by Crippen LogP contribution is -2.14. The van der Waals surface area contributed by atoms with Gasteiger partial charge >= 0.3 is 0 Å². The molecule has 0 radical (unpaired) electrons. The molecule has 0 spiro atoms. The number of rotatable bonds is 5. The molecule has 2 aromatic carbocycles. The minimum Gasteiger partial charge on any atom is -0.497 e. The van der Waals surface area contributed by atoms with Crippen LogP contribution in [0.25, 0.3) is 0 Å². The lowest BCUT2D eigenvalue weighted by molar-refractivity contribution is 0.102. The molecule has 2 rings (SSSR count). The summed E-state index contributed by atoms with van der Waals surface area (Å²) in [6.07, 6.45) is 0. The second-order valence-corrected chi connectivity index (χ2v) is 5.68. The van der Waals surface area contributed by atoms with E-state index < -0.39 is 0 Å². The predicted octanol–water partition coefficient (Wildman–Crippen LogP) is 4.04. The average molecular weight is 380 g/mol. The first kappa shape index (κ1) is 17.1. The highest BCUT2D eigenvalue weighted by molar-refractivity contribution is 9.10. The van der Waals surface area contributed by atoms with Crippen LogP contribution < -0.4 is 19.5 Å². The molecule has 0 aliphatic rings. The van der Waals surface area contributed by atoms with Crippen LogP contribution in [-0.4, -0.2) is 27.2 Å². The number of carbonyl (C=O) groups excluding carboxylic acids is 1. The highest BCUT2D eigenvalue weighted by atomic mass is 79.9. The number of methoxy groups -OCH3 is 3. The summed E-state index contributed by atoms with van der Waals surface area (Å²) in [6, 6.07) is 8.78. The maximum Gasteiger partial charge on any atom is 0.256 e. The van der Waals surface area contributed by atoms with Crippen LogP contribution in [0.3, 0.4) is 0 Å².